The molecule has 0 saturated carbocycles. The first-order valence-corrected chi connectivity index (χ1v) is 9.34. The maximum atomic E-state index is 12.6. The Morgan fingerprint density at radius 1 is 0.871 bits per heavy atom. The third-order valence-electron chi connectivity index (χ3n) is 2.43. The van der Waals surface area contributed by atoms with Crippen LogP contribution >= 0.6 is 0 Å². The SMILES string of the molecule is CC(C)(C)OC(=O)NC/C=C(\F)CO.CC/C(F)=C/CNC(=O)OC(C)(C)C.O=C=O. The Bertz CT molecular complexity index is 568. The number of nitrogens with one attached hydrogen (secondary N) is 2. The van der Waals surface area contributed by atoms with Crippen LogP contribution < -0.4 is 10.6 Å². The molecule has 0 spiro atoms. The Balaban J connectivity index is -0.000000448. The molecule has 0 aliphatic rings. The average molecular weight is 452 g/mol. The monoisotopic (exact) mass is 452 g/mol. The lowest BCUT2D eigenvalue weighted by Crippen LogP contribution is -2.32. The molecule has 2 amide bonds. The molecule has 0 aliphatic carbocycles. The van der Waals surface area contributed by atoms with Gasteiger partial charge >= 0.3 is 18.3 Å². The second-order valence-corrected chi connectivity index (χ2v) is 7.66. The molecule has 0 aromatic carbocycles. The van der Waals surface area contributed by atoms with E-state index in [-0.39, 0.29) is 25.1 Å². The number of hydrogen-bond acceptors (Lipinski definition) is 7. The molecule has 0 rings (SSSR count). The van der Waals surface area contributed by atoms with Gasteiger partial charge in [-0.2, -0.15) is 9.59 Å². The van der Waals surface area contributed by atoms with Crippen LogP contribution in [0.5, 0.6) is 0 Å². The van der Waals surface area contributed by atoms with E-state index in [2.05, 4.69) is 10.6 Å². The normalized spacial score (nSPS) is 11.5. The predicted molar refractivity (Wildman–Crippen MR) is 109 cm³/mol. The van der Waals surface area contributed by atoms with Gasteiger partial charge in [0.2, 0.25) is 0 Å². The summed E-state index contributed by atoms with van der Waals surface area (Å²) in [4.78, 5) is 38.3. The van der Waals surface area contributed by atoms with Crippen molar-refractivity contribution < 1.29 is 42.5 Å². The number of allylic oxidation sites excluding steroid dienone is 1. The van der Waals surface area contributed by atoms with Crippen molar-refractivity contribution in [1.82, 2.24) is 10.6 Å². The van der Waals surface area contributed by atoms with Crippen LogP contribution in [0.1, 0.15) is 54.9 Å². The van der Waals surface area contributed by atoms with Crippen LogP contribution in [-0.4, -0.2) is 54.3 Å². The fraction of sp³-hybridized carbons (Fsp3) is 0.650. The van der Waals surface area contributed by atoms with Gasteiger partial charge in [0.15, 0.2) is 0 Å². The van der Waals surface area contributed by atoms with Crippen LogP contribution in [0.15, 0.2) is 23.8 Å². The van der Waals surface area contributed by atoms with Crippen molar-refractivity contribution in [3.8, 4) is 0 Å². The van der Waals surface area contributed by atoms with E-state index < -0.39 is 35.8 Å². The van der Waals surface area contributed by atoms with E-state index in [0.717, 1.165) is 6.08 Å². The van der Waals surface area contributed by atoms with Crippen LogP contribution in [0.4, 0.5) is 18.4 Å². The van der Waals surface area contributed by atoms with Gasteiger partial charge in [-0.1, -0.05) is 6.92 Å². The molecule has 0 atom stereocenters. The first kappa shape index (κ1) is 32.9. The number of carbonyl (C=O) groups excluding carboxylic acids is 4. The smallest absolute Gasteiger partial charge is 0.407 e. The van der Waals surface area contributed by atoms with Gasteiger partial charge in [0.05, 0.1) is 12.4 Å². The largest absolute Gasteiger partial charge is 0.444 e. The van der Waals surface area contributed by atoms with Crippen LogP contribution in [0.3, 0.4) is 0 Å². The molecule has 31 heavy (non-hydrogen) atoms. The van der Waals surface area contributed by atoms with Crippen LogP contribution in [0.25, 0.3) is 0 Å². The zero-order valence-electron chi connectivity index (χ0n) is 19.1. The fourth-order valence-electron chi connectivity index (χ4n) is 1.33. The van der Waals surface area contributed by atoms with E-state index in [1.54, 1.807) is 48.5 Å². The van der Waals surface area contributed by atoms with E-state index in [1.807, 2.05) is 0 Å². The Morgan fingerprint density at radius 2 is 1.19 bits per heavy atom. The zero-order chi connectivity index (χ0) is 25.1. The molecule has 3 N–H and O–H groups in total. The molecule has 0 radical (unpaired) electrons. The number of aliphatic hydroxyl groups is 1. The van der Waals surface area contributed by atoms with E-state index >= 15 is 0 Å². The molecule has 0 saturated heterocycles. The third kappa shape index (κ3) is 32.1. The molecule has 0 unspecified atom stereocenters. The summed E-state index contributed by atoms with van der Waals surface area (Å²) in [5.74, 6) is -0.915. The van der Waals surface area contributed by atoms with Gasteiger partial charge < -0.3 is 25.2 Å². The third-order valence-corrected chi connectivity index (χ3v) is 2.43. The van der Waals surface area contributed by atoms with Crippen molar-refractivity contribution in [2.45, 2.75) is 66.1 Å². The Hall–Kier alpha value is -2.78. The van der Waals surface area contributed by atoms with Crippen LogP contribution in [0.2, 0.25) is 0 Å². The summed E-state index contributed by atoms with van der Waals surface area (Å²) in [5, 5.41) is 13.0. The fourth-order valence-corrected chi connectivity index (χ4v) is 1.33. The molecule has 0 aromatic rings. The molecular weight excluding hydrogens is 418 g/mol. The zero-order valence-corrected chi connectivity index (χ0v) is 19.1. The van der Waals surface area contributed by atoms with Crippen LogP contribution in [0, 0.1) is 0 Å². The minimum Gasteiger partial charge on any atom is -0.444 e. The molecule has 0 aliphatic heterocycles. The molecule has 0 heterocycles. The summed E-state index contributed by atoms with van der Waals surface area (Å²) in [6, 6.07) is 0. The number of ether oxygens (including phenoxy) is 2. The Kier molecular flexibility index (Phi) is 19.1. The predicted octanol–water partition coefficient (Wildman–Crippen LogP) is 3.55. The van der Waals surface area contributed by atoms with Crippen molar-refractivity contribution >= 4 is 18.3 Å². The number of aliphatic hydroxyl groups excluding tert-OH is 1. The second-order valence-electron chi connectivity index (χ2n) is 7.66. The molecule has 11 heteroatoms. The summed E-state index contributed by atoms with van der Waals surface area (Å²) in [6.07, 6.45) is 1.85. The Labute approximate surface area is 181 Å². The van der Waals surface area contributed by atoms with Gasteiger partial charge in [0.1, 0.15) is 17.0 Å². The highest BCUT2D eigenvalue weighted by Crippen LogP contribution is 2.07. The highest BCUT2D eigenvalue weighted by atomic mass is 19.1. The molecular formula is C20H34F2N2O7. The van der Waals surface area contributed by atoms with Crippen molar-refractivity contribution in [2.24, 2.45) is 0 Å². The number of amides is 2. The van der Waals surface area contributed by atoms with E-state index in [1.165, 1.54) is 6.08 Å². The molecule has 0 fully saturated rings. The lowest BCUT2D eigenvalue weighted by Gasteiger charge is -2.19. The lowest BCUT2D eigenvalue weighted by atomic mass is 10.2. The summed E-state index contributed by atoms with van der Waals surface area (Å²) < 4.78 is 34.8. The van der Waals surface area contributed by atoms with E-state index in [4.69, 9.17) is 24.2 Å². The quantitative estimate of drug-likeness (QED) is 0.562. The number of hydrogen-bond donors (Lipinski definition) is 3. The molecule has 0 aromatic heterocycles. The minimum atomic E-state index is -0.680. The minimum absolute atomic E-state index is 0.00130. The van der Waals surface area contributed by atoms with Crippen molar-refractivity contribution in [2.75, 3.05) is 19.7 Å². The first-order valence-electron chi connectivity index (χ1n) is 9.34. The molecule has 180 valence electrons. The summed E-state index contributed by atoms with van der Waals surface area (Å²) >= 11 is 0. The average Bonchev–Trinajstić information content (AvgIpc) is 2.59. The number of halogens is 2. The summed E-state index contributed by atoms with van der Waals surface area (Å²) in [7, 11) is 0. The van der Waals surface area contributed by atoms with E-state index in [9.17, 15) is 18.4 Å². The van der Waals surface area contributed by atoms with Gasteiger partial charge in [-0.05, 0) is 60.1 Å². The number of carbonyl (C=O) groups is 2. The maximum Gasteiger partial charge on any atom is 0.407 e. The molecule has 9 nitrogen and oxygen atoms in total. The highest BCUT2D eigenvalue weighted by molar-refractivity contribution is 5.68. The van der Waals surface area contributed by atoms with Gasteiger partial charge in [0.25, 0.3) is 0 Å². The standard InChI is InChI=1S/C10H18FNO2.C9H16FNO3.CO2/c1-5-8(11)6-7-12-9(13)14-10(2,3)4;1-9(2,3)14-8(13)11-5-4-7(10)6-12;2-1-3/h6H,5,7H2,1-4H3,(H,12,13);4,12H,5-6H2,1-3H3,(H,11,13);/b8-6-;7-4-;. The number of rotatable bonds is 6. The second kappa shape index (κ2) is 18.0. The maximum absolute atomic E-state index is 12.6. The first-order chi connectivity index (χ1) is 14.1. The lowest BCUT2D eigenvalue weighted by molar-refractivity contribution is -0.191. The summed E-state index contributed by atoms with van der Waals surface area (Å²) in [5.41, 5.74) is -1.08. The van der Waals surface area contributed by atoms with Gasteiger partial charge in [-0.25, -0.2) is 18.4 Å². The Morgan fingerprint density at radius 3 is 1.45 bits per heavy atom. The number of alkyl carbamates (subject to hydrolysis) is 2. The van der Waals surface area contributed by atoms with Gasteiger partial charge in [-0.15, -0.1) is 0 Å². The van der Waals surface area contributed by atoms with Crippen LogP contribution in [-0.2, 0) is 19.1 Å². The van der Waals surface area contributed by atoms with Gasteiger partial charge in [-0.3, -0.25) is 0 Å². The summed E-state index contributed by atoms with van der Waals surface area (Å²) in [6.45, 7) is 11.7. The highest BCUT2D eigenvalue weighted by Gasteiger charge is 2.15. The van der Waals surface area contributed by atoms with Gasteiger partial charge in [0, 0.05) is 13.1 Å². The molecule has 0 bridgehead atoms. The van der Waals surface area contributed by atoms with Crippen molar-refractivity contribution in [3.63, 3.8) is 0 Å². The van der Waals surface area contributed by atoms with Crippen molar-refractivity contribution in [1.29, 1.82) is 0 Å². The van der Waals surface area contributed by atoms with Crippen molar-refractivity contribution in [3.05, 3.63) is 23.8 Å². The topological polar surface area (TPSA) is 131 Å². The van der Waals surface area contributed by atoms with E-state index in [0.29, 0.717) is 6.42 Å².